The van der Waals surface area contributed by atoms with Gasteiger partial charge in [0.15, 0.2) is 0 Å². The molecule has 2 fully saturated rings. The Kier molecular flexibility index (Phi) is 6.04. The number of rotatable bonds is 1. The molecular weight excluding hydrogens is 320 g/mol. The Hall–Kier alpha value is -0.880. The van der Waals surface area contributed by atoms with E-state index in [0.717, 1.165) is 17.6 Å². The third-order valence-corrected chi connectivity index (χ3v) is 4.48. The molecule has 2 aliphatic rings. The van der Waals surface area contributed by atoms with Crippen molar-refractivity contribution in [3.05, 3.63) is 16.9 Å². The molecule has 0 spiro atoms. The fourth-order valence-corrected chi connectivity index (χ4v) is 2.97. The Morgan fingerprint density at radius 2 is 2.05 bits per heavy atom. The predicted molar refractivity (Wildman–Crippen MR) is 82.4 cm³/mol. The van der Waals surface area contributed by atoms with Crippen LogP contribution in [0.2, 0.25) is 0 Å². The Balaban J connectivity index is 0.000000205. The molecule has 0 radical (unpaired) electrons. The van der Waals surface area contributed by atoms with Gasteiger partial charge in [-0.05, 0) is 28.8 Å². The molecule has 112 valence electrons. The number of hydrogen-bond donors (Lipinski definition) is 1. The molecular formula is C14H23BrN4O. The maximum atomic E-state index is 11.5. The number of nitrogens with one attached hydrogen (secondary N) is 1. The highest BCUT2D eigenvalue weighted by Crippen LogP contribution is 2.23. The van der Waals surface area contributed by atoms with E-state index in [0.29, 0.717) is 18.5 Å². The molecule has 1 aromatic rings. The zero-order valence-corrected chi connectivity index (χ0v) is 13.6. The third kappa shape index (κ3) is 4.59. The van der Waals surface area contributed by atoms with Crippen LogP contribution in [-0.4, -0.2) is 58.6 Å². The van der Waals surface area contributed by atoms with Crippen LogP contribution >= 0.6 is 15.9 Å². The number of amides is 1. The molecule has 1 aliphatic carbocycles. The first-order chi connectivity index (χ1) is 9.66. The number of likely N-dealkylation sites (N-methyl/N-ethyl adjacent to an activating group) is 1. The van der Waals surface area contributed by atoms with Gasteiger partial charge >= 0.3 is 0 Å². The average molecular weight is 343 g/mol. The molecule has 0 atom stereocenters. The summed E-state index contributed by atoms with van der Waals surface area (Å²) in [6.45, 7) is 2.64. The van der Waals surface area contributed by atoms with Crippen LogP contribution in [0.1, 0.15) is 32.1 Å². The van der Waals surface area contributed by atoms with Crippen molar-refractivity contribution >= 4 is 21.8 Å². The number of halogens is 1. The zero-order valence-electron chi connectivity index (χ0n) is 12.0. The summed E-state index contributed by atoms with van der Waals surface area (Å²) < 4.78 is 0.988. The topological polar surface area (TPSA) is 52.2 Å². The summed E-state index contributed by atoms with van der Waals surface area (Å²) in [4.78, 5) is 15.8. The second kappa shape index (κ2) is 7.78. The van der Waals surface area contributed by atoms with Gasteiger partial charge in [-0.3, -0.25) is 14.8 Å². The van der Waals surface area contributed by atoms with Crippen molar-refractivity contribution < 1.29 is 4.79 Å². The van der Waals surface area contributed by atoms with Gasteiger partial charge in [-0.2, -0.15) is 5.10 Å². The van der Waals surface area contributed by atoms with E-state index >= 15 is 0 Å². The van der Waals surface area contributed by atoms with Crippen LogP contribution < -0.4 is 0 Å². The third-order valence-electron chi connectivity index (χ3n) is 4.04. The molecule has 0 unspecified atom stereocenters. The highest BCUT2D eigenvalue weighted by molar-refractivity contribution is 9.10. The van der Waals surface area contributed by atoms with Gasteiger partial charge in [0.1, 0.15) is 0 Å². The molecule has 3 rings (SSSR count). The lowest BCUT2D eigenvalue weighted by Gasteiger charge is -2.39. The molecule has 20 heavy (non-hydrogen) atoms. The lowest BCUT2D eigenvalue weighted by molar-refractivity contribution is -0.135. The minimum Gasteiger partial charge on any atom is -0.343 e. The van der Waals surface area contributed by atoms with Crippen LogP contribution in [0.4, 0.5) is 0 Å². The van der Waals surface area contributed by atoms with E-state index in [2.05, 4.69) is 31.0 Å². The largest absolute Gasteiger partial charge is 0.343 e. The van der Waals surface area contributed by atoms with E-state index in [1.54, 1.807) is 12.4 Å². The first kappa shape index (κ1) is 15.5. The quantitative estimate of drug-likeness (QED) is 0.851. The summed E-state index contributed by atoms with van der Waals surface area (Å²) in [6.07, 6.45) is 10.2. The van der Waals surface area contributed by atoms with Crippen molar-refractivity contribution in [3.8, 4) is 0 Å². The maximum absolute atomic E-state index is 11.5. The number of hydrogen-bond acceptors (Lipinski definition) is 3. The van der Waals surface area contributed by atoms with Crippen LogP contribution in [0.25, 0.3) is 0 Å². The second-order valence-corrected chi connectivity index (χ2v) is 6.41. The van der Waals surface area contributed by atoms with Crippen molar-refractivity contribution in [1.29, 1.82) is 0 Å². The minimum absolute atomic E-state index is 0.293. The molecule has 6 heteroatoms. The number of carbonyl (C=O) groups excluding carboxylic acids is 1. The van der Waals surface area contributed by atoms with Gasteiger partial charge in [-0.15, -0.1) is 0 Å². The number of aromatic amines is 1. The lowest BCUT2D eigenvalue weighted by Crippen LogP contribution is -2.52. The van der Waals surface area contributed by atoms with Gasteiger partial charge in [0.25, 0.3) is 0 Å². The van der Waals surface area contributed by atoms with Crippen LogP contribution in [0.15, 0.2) is 16.9 Å². The van der Waals surface area contributed by atoms with E-state index < -0.39 is 0 Å². The highest BCUT2D eigenvalue weighted by atomic mass is 79.9. The Labute approximate surface area is 128 Å². The maximum Gasteiger partial charge on any atom is 0.236 e. The van der Waals surface area contributed by atoms with Crippen molar-refractivity contribution in [1.82, 2.24) is 20.0 Å². The fourth-order valence-electron chi connectivity index (χ4n) is 2.77. The summed E-state index contributed by atoms with van der Waals surface area (Å²) in [5.41, 5.74) is 0. The number of aromatic nitrogens is 2. The van der Waals surface area contributed by atoms with Crippen LogP contribution in [-0.2, 0) is 4.79 Å². The molecule has 1 amide bonds. The number of piperazine rings is 1. The molecule has 1 aliphatic heterocycles. The monoisotopic (exact) mass is 342 g/mol. The summed E-state index contributed by atoms with van der Waals surface area (Å²) in [6, 6.07) is 0.696. The molecule has 2 heterocycles. The van der Waals surface area contributed by atoms with Crippen molar-refractivity contribution in [2.24, 2.45) is 0 Å². The fraction of sp³-hybridized carbons (Fsp3) is 0.714. The molecule has 1 saturated heterocycles. The number of carbonyl (C=O) groups is 1. The van der Waals surface area contributed by atoms with Crippen molar-refractivity contribution in [2.45, 2.75) is 38.1 Å². The smallest absolute Gasteiger partial charge is 0.236 e. The van der Waals surface area contributed by atoms with Crippen LogP contribution in [0.3, 0.4) is 0 Å². The van der Waals surface area contributed by atoms with E-state index in [1.807, 2.05) is 11.9 Å². The van der Waals surface area contributed by atoms with Crippen molar-refractivity contribution in [2.75, 3.05) is 26.7 Å². The highest BCUT2D eigenvalue weighted by Gasteiger charge is 2.27. The van der Waals surface area contributed by atoms with E-state index in [4.69, 9.17) is 0 Å². The lowest BCUT2D eigenvalue weighted by atomic mass is 9.94. The number of nitrogens with zero attached hydrogens (tertiary/aromatic N) is 3. The number of H-pyrrole nitrogens is 1. The van der Waals surface area contributed by atoms with Gasteiger partial charge in [-0.25, -0.2) is 0 Å². The predicted octanol–water partition coefficient (Wildman–Crippen LogP) is 2.27. The Morgan fingerprint density at radius 3 is 2.55 bits per heavy atom. The second-order valence-electron chi connectivity index (χ2n) is 5.49. The summed E-state index contributed by atoms with van der Waals surface area (Å²) in [5.74, 6) is 0.293. The Bertz CT molecular complexity index is 403. The summed E-state index contributed by atoms with van der Waals surface area (Å²) in [5, 5.41) is 6.28. The molecule has 1 saturated carbocycles. The summed E-state index contributed by atoms with van der Waals surface area (Å²) in [7, 11) is 1.90. The first-order valence-corrected chi connectivity index (χ1v) is 8.08. The SMILES string of the molecule is Brc1cn[nH]c1.CN1CCN(C2CCCCC2)CC1=O. The van der Waals surface area contributed by atoms with Gasteiger partial charge in [-0.1, -0.05) is 19.3 Å². The molecule has 5 nitrogen and oxygen atoms in total. The van der Waals surface area contributed by atoms with Crippen molar-refractivity contribution in [3.63, 3.8) is 0 Å². The van der Waals surface area contributed by atoms with Gasteiger partial charge in [0.2, 0.25) is 5.91 Å². The first-order valence-electron chi connectivity index (χ1n) is 7.29. The molecule has 0 aromatic carbocycles. The van der Waals surface area contributed by atoms with Gasteiger partial charge < -0.3 is 4.90 Å². The normalized spacial score (nSPS) is 21.5. The minimum atomic E-state index is 0.293. The van der Waals surface area contributed by atoms with Gasteiger partial charge in [0.05, 0.1) is 17.2 Å². The van der Waals surface area contributed by atoms with E-state index in [9.17, 15) is 4.79 Å². The average Bonchev–Trinajstić information content (AvgIpc) is 2.95. The van der Waals surface area contributed by atoms with Crippen LogP contribution in [0.5, 0.6) is 0 Å². The molecule has 1 N–H and O–H groups in total. The zero-order chi connectivity index (χ0) is 14.4. The molecule has 1 aromatic heterocycles. The van der Waals surface area contributed by atoms with E-state index in [-0.39, 0.29) is 0 Å². The standard InChI is InChI=1S/C11H20N2O.C3H3BrN2/c1-12-7-8-13(9-11(12)14)10-5-3-2-4-6-10;4-3-1-5-6-2-3/h10H,2-9H2,1H3;1-2H,(H,5,6). The molecule has 0 bridgehead atoms. The van der Waals surface area contributed by atoms with E-state index in [1.165, 1.54) is 32.1 Å². The summed E-state index contributed by atoms with van der Waals surface area (Å²) >= 11 is 3.19. The van der Waals surface area contributed by atoms with Gasteiger partial charge in [0, 0.05) is 32.4 Å². The Morgan fingerprint density at radius 1 is 1.30 bits per heavy atom. The van der Waals surface area contributed by atoms with Crippen LogP contribution in [0, 0.1) is 0 Å².